The minimum atomic E-state index is -0.243. The highest BCUT2D eigenvalue weighted by Crippen LogP contribution is 2.32. The first-order chi connectivity index (χ1) is 9.17. The summed E-state index contributed by atoms with van der Waals surface area (Å²) in [5, 5.41) is 6.90. The molecule has 0 aliphatic heterocycles. The van der Waals surface area contributed by atoms with E-state index in [1.807, 2.05) is 0 Å². The van der Waals surface area contributed by atoms with Gasteiger partial charge in [0.1, 0.15) is 0 Å². The maximum atomic E-state index is 11.2. The van der Waals surface area contributed by atoms with Crippen LogP contribution < -0.4 is 15.2 Å². The van der Waals surface area contributed by atoms with Crippen molar-refractivity contribution in [3.63, 3.8) is 0 Å². The number of methoxy groups -OCH3 is 2. The Morgan fingerprint density at radius 3 is 2.79 bits per heavy atom. The molecule has 102 valence electrons. The third-order valence-corrected chi connectivity index (χ3v) is 3.58. The van der Waals surface area contributed by atoms with Crippen molar-refractivity contribution in [2.45, 2.75) is 10.9 Å². The minimum Gasteiger partial charge on any atom is -0.493 e. The van der Waals surface area contributed by atoms with Crippen LogP contribution in [0.4, 0.5) is 0 Å². The van der Waals surface area contributed by atoms with E-state index >= 15 is 0 Å². The second-order valence-corrected chi connectivity index (χ2v) is 4.59. The molecule has 0 amide bonds. The Morgan fingerprint density at radius 2 is 2.21 bits per heavy atom. The molecule has 0 bridgehead atoms. The fraction of sp³-hybridized carbons (Fsp3) is 0.364. The Balaban J connectivity index is 2.20. The quantitative estimate of drug-likeness (QED) is 0.817. The number of ether oxygens (including phenoxy) is 2. The number of H-pyrrole nitrogens is 1. The molecule has 2 rings (SSSR count). The second-order valence-electron chi connectivity index (χ2n) is 3.65. The zero-order valence-electron chi connectivity index (χ0n) is 10.8. The molecule has 0 radical (unpaired) electrons. The van der Waals surface area contributed by atoms with E-state index in [4.69, 9.17) is 9.47 Å². The first-order valence-corrected chi connectivity index (χ1v) is 6.46. The lowest BCUT2D eigenvalue weighted by atomic mass is 10.3. The molecule has 0 aromatic carbocycles. The number of hydrogen-bond donors (Lipinski definition) is 1. The van der Waals surface area contributed by atoms with Crippen LogP contribution in [0.15, 0.2) is 22.2 Å². The van der Waals surface area contributed by atoms with Crippen LogP contribution in [0.1, 0.15) is 5.69 Å². The number of hydrogen-bond acceptors (Lipinski definition) is 6. The molecule has 7 nitrogen and oxygen atoms in total. The molecule has 0 saturated heterocycles. The van der Waals surface area contributed by atoms with E-state index in [0.29, 0.717) is 22.4 Å². The molecule has 2 aromatic rings. The van der Waals surface area contributed by atoms with Gasteiger partial charge < -0.3 is 9.47 Å². The summed E-state index contributed by atoms with van der Waals surface area (Å²) in [6.07, 6.45) is 1.65. The van der Waals surface area contributed by atoms with Crippen LogP contribution in [0.3, 0.4) is 0 Å². The van der Waals surface area contributed by atoms with E-state index in [2.05, 4.69) is 15.2 Å². The van der Waals surface area contributed by atoms with Crippen molar-refractivity contribution in [3.8, 4) is 11.5 Å². The van der Waals surface area contributed by atoms with E-state index < -0.39 is 0 Å². The van der Waals surface area contributed by atoms with Gasteiger partial charge in [-0.1, -0.05) is 11.8 Å². The van der Waals surface area contributed by atoms with Gasteiger partial charge in [0.25, 0.3) is 0 Å². The Bertz CT molecular complexity index is 623. The van der Waals surface area contributed by atoms with Gasteiger partial charge in [-0.15, -0.1) is 5.10 Å². The van der Waals surface area contributed by atoms with Crippen molar-refractivity contribution in [3.05, 3.63) is 28.4 Å². The van der Waals surface area contributed by atoms with Gasteiger partial charge in [-0.3, -0.25) is 9.55 Å². The lowest BCUT2D eigenvalue weighted by molar-refractivity contribution is 0.350. The van der Waals surface area contributed by atoms with E-state index in [0.717, 1.165) is 5.69 Å². The van der Waals surface area contributed by atoms with E-state index in [-0.39, 0.29) is 5.69 Å². The summed E-state index contributed by atoms with van der Waals surface area (Å²) in [6.45, 7) is 0. The van der Waals surface area contributed by atoms with Crippen molar-refractivity contribution in [2.75, 3.05) is 14.2 Å². The zero-order chi connectivity index (χ0) is 13.8. The summed E-state index contributed by atoms with van der Waals surface area (Å²) in [5.41, 5.74) is 0.496. The highest BCUT2D eigenvalue weighted by atomic mass is 32.2. The van der Waals surface area contributed by atoms with Gasteiger partial charge in [-0.25, -0.2) is 9.89 Å². The number of pyridine rings is 1. The van der Waals surface area contributed by atoms with E-state index in [1.165, 1.54) is 16.3 Å². The summed E-state index contributed by atoms with van der Waals surface area (Å²) in [4.78, 5) is 15.5. The van der Waals surface area contributed by atoms with Crippen LogP contribution in [-0.4, -0.2) is 34.0 Å². The molecule has 1 N–H and O–H groups in total. The Kier molecular flexibility index (Phi) is 4.10. The average molecular weight is 282 g/mol. The third-order valence-electron chi connectivity index (χ3n) is 2.54. The summed E-state index contributed by atoms with van der Waals surface area (Å²) in [7, 11) is 4.80. The largest absolute Gasteiger partial charge is 0.493 e. The Hall–Kier alpha value is -1.96. The fourth-order valence-corrected chi connectivity index (χ4v) is 2.41. The smallest absolute Gasteiger partial charge is 0.343 e. The van der Waals surface area contributed by atoms with Gasteiger partial charge in [-0.05, 0) is 0 Å². The number of rotatable bonds is 5. The van der Waals surface area contributed by atoms with Gasteiger partial charge >= 0.3 is 5.69 Å². The molecule has 19 heavy (non-hydrogen) atoms. The maximum absolute atomic E-state index is 11.2. The maximum Gasteiger partial charge on any atom is 0.343 e. The molecule has 0 atom stereocenters. The summed E-state index contributed by atoms with van der Waals surface area (Å²) in [5.74, 6) is 1.75. The minimum absolute atomic E-state index is 0.243. The first-order valence-electron chi connectivity index (χ1n) is 5.47. The lowest BCUT2D eigenvalue weighted by Gasteiger charge is -2.10. The average Bonchev–Trinajstić information content (AvgIpc) is 2.76. The SMILES string of the molecule is COc1ccnc(CSc2n[nH]c(=O)n2C)c1OC. The van der Waals surface area contributed by atoms with Crippen LogP contribution in [0.5, 0.6) is 11.5 Å². The molecule has 0 unspecified atom stereocenters. The fourth-order valence-electron chi connectivity index (χ4n) is 1.55. The molecule has 0 saturated carbocycles. The van der Waals surface area contributed by atoms with Crippen molar-refractivity contribution >= 4 is 11.8 Å². The van der Waals surface area contributed by atoms with Crippen molar-refractivity contribution in [1.29, 1.82) is 0 Å². The van der Waals surface area contributed by atoms with Gasteiger partial charge in [0.15, 0.2) is 16.7 Å². The standard InChI is InChI=1S/C11H14N4O3S/c1-15-10(16)13-14-11(15)19-6-7-9(18-3)8(17-2)4-5-12-7/h4-5H,6H2,1-3H3,(H,13,16). The zero-order valence-corrected chi connectivity index (χ0v) is 11.7. The Labute approximate surface area is 114 Å². The van der Waals surface area contributed by atoms with Crippen molar-refractivity contribution in [2.24, 2.45) is 7.05 Å². The van der Waals surface area contributed by atoms with Crippen molar-refractivity contribution in [1.82, 2.24) is 19.7 Å². The monoisotopic (exact) mass is 282 g/mol. The predicted molar refractivity (Wildman–Crippen MR) is 70.7 cm³/mol. The van der Waals surface area contributed by atoms with Gasteiger partial charge in [0, 0.05) is 25.1 Å². The van der Waals surface area contributed by atoms with Gasteiger partial charge in [-0.2, -0.15) is 0 Å². The highest BCUT2D eigenvalue weighted by Gasteiger charge is 2.13. The molecular formula is C11H14N4O3S. The predicted octanol–water partition coefficient (Wildman–Crippen LogP) is 0.813. The van der Waals surface area contributed by atoms with Crippen LogP contribution in [0.2, 0.25) is 0 Å². The van der Waals surface area contributed by atoms with Crippen LogP contribution >= 0.6 is 11.8 Å². The summed E-state index contributed by atoms with van der Waals surface area (Å²) in [6, 6.07) is 1.73. The molecule has 2 aromatic heterocycles. The number of aromatic amines is 1. The second kappa shape index (κ2) is 5.79. The molecule has 0 aliphatic carbocycles. The van der Waals surface area contributed by atoms with E-state index in [1.54, 1.807) is 33.5 Å². The van der Waals surface area contributed by atoms with Gasteiger partial charge in [0.05, 0.1) is 19.9 Å². The normalized spacial score (nSPS) is 10.5. The molecule has 0 fully saturated rings. The molecule has 0 aliphatic rings. The summed E-state index contributed by atoms with van der Waals surface area (Å²) >= 11 is 1.39. The number of thioether (sulfide) groups is 1. The lowest BCUT2D eigenvalue weighted by Crippen LogP contribution is -2.12. The van der Waals surface area contributed by atoms with Crippen LogP contribution in [0, 0.1) is 0 Å². The number of aromatic nitrogens is 4. The first kappa shape index (κ1) is 13.5. The molecule has 0 spiro atoms. The van der Waals surface area contributed by atoms with Gasteiger partial charge in [0.2, 0.25) is 0 Å². The molecule has 2 heterocycles. The van der Waals surface area contributed by atoms with Crippen LogP contribution in [-0.2, 0) is 12.8 Å². The van der Waals surface area contributed by atoms with E-state index in [9.17, 15) is 4.79 Å². The third kappa shape index (κ3) is 2.73. The Morgan fingerprint density at radius 1 is 1.42 bits per heavy atom. The molecular weight excluding hydrogens is 268 g/mol. The highest BCUT2D eigenvalue weighted by molar-refractivity contribution is 7.98. The topological polar surface area (TPSA) is 82.0 Å². The van der Waals surface area contributed by atoms with Crippen LogP contribution in [0.25, 0.3) is 0 Å². The number of nitrogens with one attached hydrogen (secondary N) is 1. The number of nitrogens with zero attached hydrogens (tertiary/aromatic N) is 3. The molecule has 8 heteroatoms. The van der Waals surface area contributed by atoms with Crippen molar-refractivity contribution < 1.29 is 9.47 Å². The summed E-state index contributed by atoms with van der Waals surface area (Å²) < 4.78 is 11.9.